The summed E-state index contributed by atoms with van der Waals surface area (Å²) in [7, 11) is 0. The summed E-state index contributed by atoms with van der Waals surface area (Å²) in [5.41, 5.74) is 0. The minimum atomic E-state index is -1.81. The summed E-state index contributed by atoms with van der Waals surface area (Å²) in [5.74, 6) is -1.52. The van der Waals surface area contributed by atoms with Gasteiger partial charge in [-0.15, -0.1) is 0 Å². The Morgan fingerprint density at radius 3 is 1.93 bits per heavy atom. The van der Waals surface area contributed by atoms with Gasteiger partial charge in [-0.2, -0.15) is 0 Å². The van der Waals surface area contributed by atoms with Gasteiger partial charge in [0.2, 0.25) is 0 Å². The van der Waals surface area contributed by atoms with E-state index in [1.165, 1.54) is 0 Å². The van der Waals surface area contributed by atoms with Gasteiger partial charge in [-0.1, -0.05) is 0 Å². The number of aliphatic carboxylic acids is 1. The molecular weight excluding hydrogens is 248 g/mol. The van der Waals surface area contributed by atoms with Gasteiger partial charge in [0, 0.05) is 17.1 Å². The van der Waals surface area contributed by atoms with Gasteiger partial charge in [-0.25, -0.2) is 4.79 Å². The monoisotopic (exact) mass is 257 g/mol. The molecule has 0 aliphatic carbocycles. The van der Waals surface area contributed by atoms with Crippen molar-refractivity contribution in [3.63, 3.8) is 0 Å². The molecule has 1 radical (unpaired) electrons. The second-order valence-electron chi connectivity index (χ2n) is 2.76. The van der Waals surface area contributed by atoms with E-state index < -0.39 is 36.7 Å². The number of carboxylic acid groups (broad SMARTS) is 1. The standard InChI is InChI=1S/C6H10O7.Cu/c7-1-2(8)4(5(10)11)13-6(12)3(1)9;/h1-4,6-9,12H,(H,10,11);/t1-,2-,3+,4-,6+;/m0./s1. The van der Waals surface area contributed by atoms with E-state index in [4.69, 9.17) is 25.5 Å². The molecule has 1 fully saturated rings. The van der Waals surface area contributed by atoms with Crippen molar-refractivity contribution in [2.75, 3.05) is 0 Å². The van der Waals surface area contributed by atoms with Crippen LogP contribution in [0.25, 0.3) is 0 Å². The van der Waals surface area contributed by atoms with Crippen LogP contribution in [0.3, 0.4) is 0 Å². The van der Waals surface area contributed by atoms with Crippen LogP contribution in [0.5, 0.6) is 0 Å². The van der Waals surface area contributed by atoms with Crippen molar-refractivity contribution in [2.24, 2.45) is 0 Å². The number of carbonyl (C=O) groups is 1. The first kappa shape index (κ1) is 13.8. The molecule has 0 aromatic heterocycles. The molecule has 1 rings (SSSR count). The molecule has 5 N–H and O–H groups in total. The van der Waals surface area contributed by atoms with E-state index in [-0.39, 0.29) is 17.1 Å². The average Bonchev–Trinajstić information content (AvgIpc) is 2.07. The molecule has 0 amide bonds. The van der Waals surface area contributed by atoms with Crippen LogP contribution < -0.4 is 0 Å². The minimum absolute atomic E-state index is 0. The van der Waals surface area contributed by atoms with Crippen molar-refractivity contribution in [2.45, 2.75) is 30.7 Å². The zero-order chi connectivity index (χ0) is 10.2. The second kappa shape index (κ2) is 5.04. The summed E-state index contributed by atoms with van der Waals surface area (Å²) in [6.45, 7) is 0. The van der Waals surface area contributed by atoms with Crippen molar-refractivity contribution < 1.29 is 52.1 Å². The maximum absolute atomic E-state index is 10.4. The maximum atomic E-state index is 10.4. The Morgan fingerprint density at radius 2 is 1.50 bits per heavy atom. The van der Waals surface area contributed by atoms with Gasteiger partial charge in [0.1, 0.15) is 18.3 Å². The first-order chi connectivity index (χ1) is 5.95. The van der Waals surface area contributed by atoms with E-state index >= 15 is 0 Å². The van der Waals surface area contributed by atoms with Crippen LogP contribution in [0.15, 0.2) is 0 Å². The normalized spacial score (nSPS) is 42.7. The van der Waals surface area contributed by atoms with Crippen molar-refractivity contribution in [3.8, 4) is 0 Å². The molecule has 87 valence electrons. The molecule has 1 aliphatic heterocycles. The van der Waals surface area contributed by atoms with Crippen molar-refractivity contribution in [1.82, 2.24) is 0 Å². The van der Waals surface area contributed by atoms with E-state index in [9.17, 15) is 4.79 Å². The number of aliphatic hydroxyl groups excluding tert-OH is 4. The minimum Gasteiger partial charge on any atom is -0.479 e. The molecule has 0 saturated carbocycles. The Morgan fingerprint density at radius 1 is 1.00 bits per heavy atom. The molecule has 1 aliphatic rings. The molecule has 0 unspecified atom stereocenters. The summed E-state index contributed by atoms with van der Waals surface area (Å²) in [5, 5.41) is 44.4. The predicted octanol–water partition coefficient (Wildman–Crippen LogP) is -3.13. The van der Waals surface area contributed by atoms with Crippen LogP contribution >= 0.6 is 0 Å². The smallest absolute Gasteiger partial charge is 0.335 e. The zero-order valence-electron chi connectivity index (χ0n) is 6.74. The van der Waals surface area contributed by atoms with Gasteiger partial charge < -0.3 is 30.3 Å². The molecule has 7 nitrogen and oxygen atoms in total. The van der Waals surface area contributed by atoms with Crippen LogP contribution in [-0.2, 0) is 26.6 Å². The van der Waals surface area contributed by atoms with Crippen LogP contribution in [0, 0.1) is 0 Å². The van der Waals surface area contributed by atoms with Gasteiger partial charge in [0.05, 0.1) is 0 Å². The third kappa shape index (κ3) is 2.43. The Hall–Kier alpha value is -0.211. The molecule has 0 aromatic carbocycles. The summed E-state index contributed by atoms with van der Waals surface area (Å²) in [6, 6.07) is 0. The van der Waals surface area contributed by atoms with E-state index in [1.54, 1.807) is 0 Å². The second-order valence-corrected chi connectivity index (χ2v) is 2.76. The number of aliphatic hydroxyl groups is 4. The molecule has 5 atom stereocenters. The quantitative estimate of drug-likeness (QED) is 0.314. The third-order valence-electron chi connectivity index (χ3n) is 1.83. The fraction of sp³-hybridized carbons (Fsp3) is 0.833. The van der Waals surface area contributed by atoms with Crippen molar-refractivity contribution >= 4 is 5.97 Å². The average molecular weight is 258 g/mol. The number of ether oxygens (including phenoxy) is 1. The van der Waals surface area contributed by atoms with E-state index in [0.717, 1.165) is 0 Å². The van der Waals surface area contributed by atoms with E-state index in [0.29, 0.717) is 0 Å². The summed E-state index contributed by atoms with van der Waals surface area (Å²) < 4.78 is 4.34. The topological polar surface area (TPSA) is 127 Å². The van der Waals surface area contributed by atoms with E-state index in [2.05, 4.69) is 4.74 Å². The van der Waals surface area contributed by atoms with Gasteiger partial charge in [-0.3, -0.25) is 0 Å². The number of hydrogen-bond acceptors (Lipinski definition) is 6. The Bertz CT molecular complexity index is 210. The van der Waals surface area contributed by atoms with Gasteiger partial charge in [0.25, 0.3) is 0 Å². The maximum Gasteiger partial charge on any atom is 0.335 e. The fourth-order valence-corrected chi connectivity index (χ4v) is 1.07. The fourth-order valence-electron chi connectivity index (χ4n) is 1.07. The molecule has 0 spiro atoms. The molecule has 1 heterocycles. The summed E-state index contributed by atoms with van der Waals surface area (Å²) in [6.07, 6.45) is -8.72. The summed E-state index contributed by atoms with van der Waals surface area (Å²) >= 11 is 0. The Balaban J connectivity index is 0.00000169. The molecule has 8 heteroatoms. The van der Waals surface area contributed by atoms with Gasteiger partial charge in [-0.05, 0) is 0 Å². The zero-order valence-corrected chi connectivity index (χ0v) is 7.68. The molecular formula is C6H10CuO7. The molecule has 1 saturated heterocycles. The molecule has 14 heavy (non-hydrogen) atoms. The number of hydrogen-bond donors (Lipinski definition) is 5. The van der Waals surface area contributed by atoms with E-state index in [1.807, 2.05) is 0 Å². The summed E-state index contributed by atoms with van der Waals surface area (Å²) in [4.78, 5) is 10.4. The van der Waals surface area contributed by atoms with Crippen molar-refractivity contribution in [1.29, 1.82) is 0 Å². The van der Waals surface area contributed by atoms with Crippen LogP contribution in [-0.4, -0.2) is 62.2 Å². The first-order valence-corrected chi connectivity index (χ1v) is 3.55. The first-order valence-electron chi connectivity index (χ1n) is 3.55. The number of carboxylic acids is 1. The van der Waals surface area contributed by atoms with Gasteiger partial charge >= 0.3 is 5.97 Å². The molecule has 0 bridgehead atoms. The van der Waals surface area contributed by atoms with Gasteiger partial charge in [0.15, 0.2) is 12.4 Å². The Kier molecular flexibility index (Phi) is 4.96. The molecule has 0 aromatic rings. The third-order valence-corrected chi connectivity index (χ3v) is 1.83. The SMILES string of the molecule is O=C(O)[C@H]1O[C@@H](O)[C@H](O)[C@@H](O)[C@@H]1O.[Cu]. The van der Waals surface area contributed by atoms with Crippen LogP contribution in [0.4, 0.5) is 0 Å². The van der Waals surface area contributed by atoms with Crippen LogP contribution in [0.2, 0.25) is 0 Å². The van der Waals surface area contributed by atoms with Crippen LogP contribution in [0.1, 0.15) is 0 Å². The Labute approximate surface area is 89.4 Å². The predicted molar refractivity (Wildman–Crippen MR) is 36.5 cm³/mol. The number of rotatable bonds is 1. The largest absolute Gasteiger partial charge is 0.479 e. The van der Waals surface area contributed by atoms with Crippen molar-refractivity contribution in [3.05, 3.63) is 0 Å².